The molecule has 0 saturated carbocycles. The van der Waals surface area contributed by atoms with Gasteiger partial charge in [0.2, 0.25) is 0 Å². The van der Waals surface area contributed by atoms with Gasteiger partial charge in [0.05, 0.1) is 85.7 Å². The van der Waals surface area contributed by atoms with Crippen LogP contribution in [0.15, 0.2) is 243 Å². The van der Waals surface area contributed by atoms with Gasteiger partial charge in [-0.3, -0.25) is 0 Å². The summed E-state index contributed by atoms with van der Waals surface area (Å²) in [5.74, 6) is 0. The molecule has 90 heavy (non-hydrogen) atoms. The number of para-hydroxylation sites is 4. The maximum atomic E-state index is 13.3. The van der Waals surface area contributed by atoms with Crippen LogP contribution in [0.2, 0.25) is 0 Å². The average Bonchev–Trinajstić information content (AvgIpc) is 1.48. The Hall–Kier alpha value is -11.1. The fourth-order valence-electron chi connectivity index (χ4n) is 15.6. The minimum atomic E-state index is 0.383. The van der Waals surface area contributed by atoms with Gasteiger partial charge >= 0.3 is 0 Å². The van der Waals surface area contributed by atoms with Crippen molar-refractivity contribution in [2.75, 3.05) is 0 Å². The van der Waals surface area contributed by atoms with Crippen LogP contribution in [-0.2, 0) is 0 Å². The van der Waals surface area contributed by atoms with Gasteiger partial charge < -0.3 is 18.3 Å². The molecule has 0 aliphatic rings. The maximum absolute atomic E-state index is 13.3. The Morgan fingerprint density at radius 3 is 0.711 bits per heavy atom. The first kappa shape index (κ1) is 49.0. The summed E-state index contributed by atoms with van der Waals surface area (Å²) in [7, 11) is 0. The zero-order valence-electron chi connectivity index (χ0n) is 47.4. The van der Waals surface area contributed by atoms with Crippen LogP contribution in [0.3, 0.4) is 0 Å². The van der Waals surface area contributed by atoms with Crippen LogP contribution in [-0.4, -0.2) is 18.3 Å². The quantitative estimate of drug-likeness (QED) is 0.176. The Balaban J connectivity index is 1.11. The fourth-order valence-corrected chi connectivity index (χ4v) is 20.6. The van der Waals surface area contributed by atoms with E-state index in [-0.39, 0.29) is 0 Å². The predicted octanol–water partition coefficient (Wildman–Crippen LogP) is 23.3. The molecule has 0 saturated heterocycles. The van der Waals surface area contributed by atoms with Crippen LogP contribution in [0.4, 0.5) is 0 Å². The lowest BCUT2D eigenvalue weighted by Gasteiger charge is -2.27. The predicted molar refractivity (Wildman–Crippen MR) is 385 cm³/mol. The van der Waals surface area contributed by atoms with E-state index in [9.17, 15) is 10.5 Å². The molecule has 8 aromatic heterocycles. The maximum Gasteiger partial charge on any atom is 0.104 e. The lowest BCUT2D eigenvalue weighted by molar-refractivity contribution is 1.02. The number of thiophene rings is 4. The molecule has 0 unspecified atom stereocenters. The van der Waals surface area contributed by atoms with Crippen LogP contribution < -0.4 is 0 Å². The van der Waals surface area contributed by atoms with Crippen LogP contribution >= 0.6 is 45.3 Å². The van der Waals surface area contributed by atoms with Gasteiger partial charge in [-0.05, 0) is 48.5 Å². The Morgan fingerprint density at radius 2 is 0.433 bits per heavy atom. The van der Waals surface area contributed by atoms with E-state index in [1.807, 2.05) is 0 Å². The molecule has 0 aliphatic carbocycles. The van der Waals surface area contributed by atoms with Crippen molar-refractivity contribution >= 4 is 213 Å². The standard InChI is InChI=1S/C80H40N6S4/c81-41-59-69(83-61-25-9-1-17-43(61)51-33-37-55-47-21-5-13-29-65(47)87-77(55)72(51)83)60(42-82)71(85-63-27-11-3-19-45(63)53-35-39-57-49-23-7-15-31-67(49)89-79(57)74(53)85)76(86-64-28-12-4-20-46(64)54-36-40-58-50-24-8-16-32-68(50)90-80(58)75(54)86)70(59)84-62-26-10-2-18-44(62)52-34-38-56-48-22-6-14-30-66(48)88-78(56)73(52)84/h1-40H. The SMILES string of the molecule is N#Cc1c(-n2c3ccccc3c3ccc4c5ccccc5sc4c32)c(C#N)c(-n2c3ccccc3c3ccc4c5ccccc5sc4c32)c(-n2c3ccccc3c3ccc4c5ccccc5sc4c32)c1-n1c2ccccc2c2ccc3c4ccccc4sc3c21. The van der Waals surface area contributed by atoms with Crippen LogP contribution in [0.25, 0.3) is 191 Å². The second kappa shape index (κ2) is 17.8. The summed E-state index contributed by atoms with van der Waals surface area (Å²) in [5.41, 5.74) is 11.1. The molecule has 21 rings (SSSR count). The highest BCUT2D eigenvalue weighted by Crippen LogP contribution is 2.54. The number of hydrogen-bond donors (Lipinski definition) is 0. The first-order valence-corrected chi connectivity index (χ1v) is 33.3. The number of hydrogen-bond acceptors (Lipinski definition) is 6. The monoisotopic (exact) mass is 1210 g/mol. The van der Waals surface area contributed by atoms with Crippen molar-refractivity contribution in [1.82, 2.24) is 18.3 Å². The molecule has 10 heteroatoms. The summed E-state index contributed by atoms with van der Waals surface area (Å²) < 4.78 is 18.9. The van der Waals surface area contributed by atoms with Gasteiger partial charge in [-0.2, -0.15) is 10.5 Å². The molecular formula is C80H40N6S4. The molecule has 0 atom stereocenters. The smallest absolute Gasteiger partial charge is 0.104 e. The summed E-state index contributed by atoms with van der Waals surface area (Å²) >= 11 is 7.17. The lowest BCUT2D eigenvalue weighted by atomic mass is 9.98. The summed E-state index contributed by atoms with van der Waals surface area (Å²) in [6.45, 7) is 0. The molecule has 414 valence electrons. The number of aromatic nitrogens is 4. The first-order chi connectivity index (χ1) is 44.6. The number of fused-ring (bicyclic) bond motifs is 28. The highest BCUT2D eigenvalue weighted by Gasteiger charge is 2.36. The van der Waals surface area contributed by atoms with Crippen molar-refractivity contribution in [2.24, 2.45) is 0 Å². The zero-order chi connectivity index (χ0) is 58.8. The van der Waals surface area contributed by atoms with Gasteiger partial charge in [0.25, 0.3) is 0 Å². The molecule has 21 aromatic rings. The highest BCUT2D eigenvalue weighted by molar-refractivity contribution is 7.28. The minimum Gasteiger partial charge on any atom is -0.305 e. The van der Waals surface area contributed by atoms with Crippen LogP contribution in [0.1, 0.15) is 11.1 Å². The normalized spacial score (nSPS) is 12.4. The molecule has 0 radical (unpaired) electrons. The third kappa shape index (κ3) is 6.13. The van der Waals surface area contributed by atoms with Crippen LogP contribution in [0.5, 0.6) is 0 Å². The van der Waals surface area contributed by atoms with Gasteiger partial charge in [-0.25, -0.2) is 0 Å². The number of nitrogens with zero attached hydrogens (tertiary/aromatic N) is 6. The Morgan fingerprint density at radius 1 is 0.211 bits per heavy atom. The largest absolute Gasteiger partial charge is 0.305 e. The summed E-state index contributed by atoms with van der Waals surface area (Å²) in [4.78, 5) is 0. The van der Waals surface area contributed by atoms with Crippen molar-refractivity contribution in [3.63, 3.8) is 0 Å². The molecule has 6 nitrogen and oxygen atoms in total. The Bertz CT molecular complexity index is 6720. The topological polar surface area (TPSA) is 67.3 Å². The molecule has 8 heterocycles. The van der Waals surface area contributed by atoms with E-state index in [1.165, 1.54) is 40.3 Å². The van der Waals surface area contributed by atoms with E-state index in [1.54, 1.807) is 45.3 Å². The van der Waals surface area contributed by atoms with Crippen molar-refractivity contribution < 1.29 is 0 Å². The van der Waals surface area contributed by atoms with Crippen molar-refractivity contribution in [1.29, 1.82) is 10.5 Å². The van der Waals surface area contributed by atoms with E-state index in [0.29, 0.717) is 28.2 Å². The van der Waals surface area contributed by atoms with Gasteiger partial charge in [0.1, 0.15) is 23.3 Å². The summed E-state index contributed by atoms with van der Waals surface area (Å²) in [6.07, 6.45) is 0. The molecule has 0 spiro atoms. The van der Waals surface area contributed by atoms with Gasteiger partial charge in [-0.1, -0.05) is 194 Å². The lowest BCUT2D eigenvalue weighted by Crippen LogP contribution is -2.17. The van der Waals surface area contributed by atoms with E-state index in [4.69, 9.17) is 0 Å². The molecule has 0 amide bonds. The molecule has 0 aliphatic heterocycles. The third-order valence-electron chi connectivity index (χ3n) is 19.2. The van der Waals surface area contributed by atoms with Gasteiger partial charge in [0.15, 0.2) is 0 Å². The zero-order valence-corrected chi connectivity index (χ0v) is 50.7. The second-order valence-electron chi connectivity index (χ2n) is 23.5. The van der Waals surface area contributed by atoms with Crippen molar-refractivity contribution in [3.05, 3.63) is 254 Å². The third-order valence-corrected chi connectivity index (χ3v) is 24.0. The van der Waals surface area contributed by atoms with Crippen molar-refractivity contribution in [2.45, 2.75) is 0 Å². The van der Waals surface area contributed by atoms with E-state index in [0.717, 1.165) is 133 Å². The van der Waals surface area contributed by atoms with E-state index in [2.05, 4.69) is 273 Å². The van der Waals surface area contributed by atoms with E-state index < -0.39 is 0 Å². The fraction of sp³-hybridized carbons (Fsp3) is 0. The van der Waals surface area contributed by atoms with Crippen LogP contribution in [0, 0.1) is 22.7 Å². The molecular weight excluding hydrogens is 1170 g/mol. The first-order valence-electron chi connectivity index (χ1n) is 30.0. The highest BCUT2D eigenvalue weighted by atomic mass is 32.1. The molecule has 13 aromatic carbocycles. The average molecular weight is 1210 g/mol. The van der Waals surface area contributed by atoms with Gasteiger partial charge in [-0.15, -0.1) is 45.3 Å². The van der Waals surface area contributed by atoms with Gasteiger partial charge in [0, 0.05) is 105 Å². The number of rotatable bonds is 4. The number of benzene rings is 13. The van der Waals surface area contributed by atoms with Crippen molar-refractivity contribution in [3.8, 4) is 34.9 Å². The Labute approximate surface area is 526 Å². The van der Waals surface area contributed by atoms with E-state index >= 15 is 0 Å². The molecule has 0 N–H and O–H groups in total. The number of nitriles is 2. The Kier molecular flexibility index (Phi) is 9.69. The molecule has 0 fully saturated rings. The molecule has 0 bridgehead atoms. The summed E-state index contributed by atoms with van der Waals surface area (Å²) in [6, 6.07) is 94.1. The second-order valence-corrected chi connectivity index (χ2v) is 27.7. The minimum absolute atomic E-state index is 0.383. The summed E-state index contributed by atoms with van der Waals surface area (Å²) in [5, 5.41) is 44.4.